The Morgan fingerprint density at radius 1 is 1.12 bits per heavy atom. The maximum Gasteiger partial charge on any atom is 0.335 e. The zero-order valence-electron chi connectivity index (χ0n) is 15.0. The molecule has 2 aromatic rings. The smallest absolute Gasteiger partial charge is 0.335 e. The third kappa shape index (κ3) is 4.69. The maximum absolute atomic E-state index is 11.0. The first-order valence-electron chi connectivity index (χ1n) is 9.49. The van der Waals surface area contributed by atoms with Crippen LogP contribution >= 0.6 is 11.3 Å². The summed E-state index contributed by atoms with van der Waals surface area (Å²) in [6.45, 7) is 0. The number of carbonyl (C=O) groups is 1. The molecule has 0 amide bonds. The maximum atomic E-state index is 11.0. The van der Waals surface area contributed by atoms with E-state index in [0.29, 0.717) is 5.56 Å². The van der Waals surface area contributed by atoms with Gasteiger partial charge in [0.1, 0.15) is 11.7 Å². The van der Waals surface area contributed by atoms with E-state index in [1.54, 1.807) is 23.5 Å². The van der Waals surface area contributed by atoms with Gasteiger partial charge in [-0.15, -0.1) is 0 Å². The number of rotatable bonds is 3. The number of aromatic nitrogens is 1. The molecule has 0 unspecified atom stereocenters. The SMILES string of the molecule is C1CCCC1.C[n+]1c(/C=C/C2CCCC2)sc2cc(C(=O)O)ccc21. The second-order valence-corrected chi connectivity index (χ2v) is 8.22. The van der Waals surface area contributed by atoms with E-state index in [2.05, 4.69) is 16.7 Å². The summed E-state index contributed by atoms with van der Waals surface area (Å²) in [7, 11) is 2.04. The van der Waals surface area contributed by atoms with Crippen molar-refractivity contribution in [2.75, 3.05) is 0 Å². The molecule has 2 saturated carbocycles. The lowest BCUT2D eigenvalue weighted by molar-refractivity contribution is -0.642. The van der Waals surface area contributed by atoms with Crippen LogP contribution in [-0.4, -0.2) is 11.1 Å². The average Bonchev–Trinajstić information content (AvgIpc) is 3.37. The molecule has 0 aliphatic heterocycles. The molecule has 2 aliphatic carbocycles. The molecule has 1 heterocycles. The molecule has 2 aliphatic rings. The minimum absolute atomic E-state index is 0.352. The quantitative estimate of drug-likeness (QED) is 0.728. The number of hydrogen-bond donors (Lipinski definition) is 1. The van der Waals surface area contributed by atoms with Gasteiger partial charge in [0.05, 0.1) is 5.56 Å². The molecule has 0 atom stereocenters. The largest absolute Gasteiger partial charge is 0.478 e. The van der Waals surface area contributed by atoms with E-state index < -0.39 is 5.97 Å². The number of carboxylic acid groups (broad SMARTS) is 1. The van der Waals surface area contributed by atoms with Crippen LogP contribution in [0.1, 0.15) is 73.2 Å². The third-order valence-corrected chi connectivity index (χ3v) is 6.44. The van der Waals surface area contributed by atoms with E-state index in [9.17, 15) is 4.79 Å². The lowest BCUT2D eigenvalue weighted by Crippen LogP contribution is -2.28. The number of fused-ring (bicyclic) bond motifs is 1. The summed E-state index contributed by atoms with van der Waals surface area (Å²) >= 11 is 1.65. The van der Waals surface area contributed by atoms with Gasteiger partial charge in [-0.25, -0.2) is 4.79 Å². The summed E-state index contributed by atoms with van der Waals surface area (Å²) in [5.41, 5.74) is 1.44. The van der Waals surface area contributed by atoms with Gasteiger partial charge in [-0.2, -0.15) is 4.57 Å². The number of nitrogens with zero attached hydrogens (tertiary/aromatic N) is 1. The topological polar surface area (TPSA) is 41.2 Å². The van der Waals surface area contributed by atoms with Crippen LogP contribution in [0, 0.1) is 5.92 Å². The summed E-state index contributed by atoms with van der Waals surface area (Å²) in [5.74, 6) is -0.152. The Morgan fingerprint density at radius 2 is 1.76 bits per heavy atom. The molecule has 1 aromatic carbocycles. The number of hydrogen-bond acceptors (Lipinski definition) is 2. The van der Waals surface area contributed by atoms with Crippen molar-refractivity contribution < 1.29 is 14.5 Å². The number of carboxylic acids is 1. The van der Waals surface area contributed by atoms with E-state index in [4.69, 9.17) is 5.11 Å². The molecule has 1 aromatic heterocycles. The van der Waals surface area contributed by atoms with Crippen LogP contribution in [0.4, 0.5) is 0 Å². The zero-order chi connectivity index (χ0) is 17.6. The van der Waals surface area contributed by atoms with E-state index >= 15 is 0 Å². The monoisotopic (exact) mass is 358 g/mol. The fourth-order valence-corrected chi connectivity index (χ4v) is 4.81. The van der Waals surface area contributed by atoms with Gasteiger partial charge in [-0.1, -0.05) is 62.4 Å². The highest BCUT2D eigenvalue weighted by molar-refractivity contribution is 7.18. The number of benzene rings is 1. The van der Waals surface area contributed by atoms with E-state index in [1.807, 2.05) is 13.1 Å². The fourth-order valence-electron chi connectivity index (χ4n) is 3.70. The van der Waals surface area contributed by atoms with Gasteiger partial charge in [-0.3, -0.25) is 0 Å². The normalized spacial score (nSPS) is 18.0. The Morgan fingerprint density at radius 3 is 2.36 bits per heavy atom. The molecule has 0 spiro atoms. The highest BCUT2D eigenvalue weighted by atomic mass is 32.1. The van der Waals surface area contributed by atoms with Crippen molar-refractivity contribution in [2.24, 2.45) is 13.0 Å². The van der Waals surface area contributed by atoms with Crippen molar-refractivity contribution in [3.63, 3.8) is 0 Å². The predicted octanol–water partition coefficient (Wildman–Crippen LogP) is 5.58. The minimum Gasteiger partial charge on any atom is -0.478 e. The second-order valence-electron chi connectivity index (χ2n) is 7.16. The third-order valence-electron chi connectivity index (χ3n) is 5.27. The van der Waals surface area contributed by atoms with Crippen molar-refractivity contribution in [2.45, 2.75) is 57.8 Å². The van der Waals surface area contributed by atoms with Gasteiger partial charge in [0.2, 0.25) is 5.52 Å². The number of allylic oxidation sites excluding steroid dienone is 1. The van der Waals surface area contributed by atoms with Crippen LogP contribution in [0.5, 0.6) is 0 Å². The fraction of sp³-hybridized carbons (Fsp3) is 0.524. The molecule has 3 nitrogen and oxygen atoms in total. The van der Waals surface area contributed by atoms with Crippen molar-refractivity contribution in [3.05, 3.63) is 34.8 Å². The standard InChI is InChI=1S/C16H17NO2S.C5H10/c1-17-13-8-7-12(16(18)19)10-14(13)20-15(17)9-6-11-4-2-3-5-11;1-2-4-5-3-1/h6-11H,2-5H2,1H3;1-5H2/p+1/b9-6+;. The zero-order valence-corrected chi connectivity index (χ0v) is 15.9. The van der Waals surface area contributed by atoms with Crippen molar-refractivity contribution in [1.82, 2.24) is 0 Å². The van der Waals surface area contributed by atoms with Crippen LogP contribution in [0.2, 0.25) is 0 Å². The Balaban J connectivity index is 0.000000314. The van der Waals surface area contributed by atoms with E-state index in [0.717, 1.165) is 16.1 Å². The second kappa shape index (κ2) is 8.61. The lowest BCUT2D eigenvalue weighted by Gasteiger charge is -1.97. The molecule has 0 radical (unpaired) electrons. The summed E-state index contributed by atoms with van der Waals surface area (Å²) in [6, 6.07) is 5.32. The molecule has 4 rings (SSSR count). The Labute approximate surface area is 154 Å². The van der Waals surface area contributed by atoms with Crippen LogP contribution in [0.25, 0.3) is 16.3 Å². The van der Waals surface area contributed by atoms with Crippen molar-refractivity contribution in [3.8, 4) is 0 Å². The lowest BCUT2D eigenvalue weighted by atomic mass is 10.1. The summed E-state index contributed by atoms with van der Waals surface area (Å²) < 4.78 is 3.16. The van der Waals surface area contributed by atoms with Gasteiger partial charge in [0.15, 0.2) is 0 Å². The van der Waals surface area contributed by atoms with E-state index in [-0.39, 0.29) is 0 Å². The molecule has 2 fully saturated rings. The molecule has 0 saturated heterocycles. The van der Waals surface area contributed by atoms with Crippen LogP contribution in [0.15, 0.2) is 24.3 Å². The molecule has 1 N–H and O–H groups in total. The van der Waals surface area contributed by atoms with Gasteiger partial charge in [0.25, 0.3) is 5.01 Å². The Kier molecular flexibility index (Phi) is 6.24. The van der Waals surface area contributed by atoms with Crippen LogP contribution < -0.4 is 4.57 Å². The first kappa shape index (κ1) is 18.1. The van der Waals surface area contributed by atoms with Crippen molar-refractivity contribution >= 4 is 33.6 Å². The number of aromatic carboxylic acids is 1. The number of thiazole rings is 1. The van der Waals surface area contributed by atoms with Gasteiger partial charge in [0, 0.05) is 12.1 Å². The highest BCUT2D eigenvalue weighted by Gasteiger charge is 2.18. The Hall–Kier alpha value is -1.68. The van der Waals surface area contributed by atoms with Crippen LogP contribution in [-0.2, 0) is 7.05 Å². The predicted molar refractivity (Wildman–Crippen MR) is 104 cm³/mol. The average molecular weight is 359 g/mol. The summed E-state index contributed by atoms with van der Waals surface area (Å²) in [5, 5.41) is 10.2. The van der Waals surface area contributed by atoms with Crippen LogP contribution in [0.3, 0.4) is 0 Å². The number of aryl methyl sites for hydroxylation is 1. The summed E-state index contributed by atoms with van der Waals surface area (Å²) in [4.78, 5) is 11.0. The molecular formula is C21H28NO2S+. The Bertz CT molecular complexity index is 745. The summed E-state index contributed by atoms with van der Waals surface area (Å²) in [6.07, 6.45) is 17.3. The highest BCUT2D eigenvalue weighted by Crippen LogP contribution is 2.28. The molecule has 25 heavy (non-hydrogen) atoms. The van der Waals surface area contributed by atoms with Crippen molar-refractivity contribution in [1.29, 1.82) is 0 Å². The van der Waals surface area contributed by atoms with Gasteiger partial charge < -0.3 is 5.11 Å². The molecule has 0 bridgehead atoms. The first-order valence-corrected chi connectivity index (χ1v) is 10.3. The minimum atomic E-state index is -0.869. The van der Waals surface area contributed by atoms with Gasteiger partial charge in [-0.05, 0) is 30.9 Å². The van der Waals surface area contributed by atoms with Gasteiger partial charge >= 0.3 is 5.97 Å². The molecular weight excluding hydrogens is 330 g/mol. The molecule has 134 valence electrons. The van der Waals surface area contributed by atoms with E-state index in [1.165, 1.54) is 62.8 Å². The molecule has 4 heteroatoms. The first-order chi connectivity index (χ1) is 12.1.